The summed E-state index contributed by atoms with van der Waals surface area (Å²) < 4.78 is 32.9. The van der Waals surface area contributed by atoms with E-state index in [1.54, 1.807) is 72.8 Å². The van der Waals surface area contributed by atoms with Crippen molar-refractivity contribution >= 4 is 17.9 Å². The van der Waals surface area contributed by atoms with Crippen molar-refractivity contribution in [1.29, 1.82) is 0 Å². The Balaban J connectivity index is 1.68. The van der Waals surface area contributed by atoms with E-state index < -0.39 is 24.0 Å². The smallest absolute Gasteiger partial charge is 0.341 e. The molecule has 0 amide bonds. The highest BCUT2D eigenvalue weighted by Crippen LogP contribution is 2.20. The molecule has 0 saturated carbocycles. The number of hydrogen-bond acceptors (Lipinski definition) is 9. The molecule has 0 aliphatic carbocycles. The lowest BCUT2D eigenvalue weighted by atomic mass is 10.2. The van der Waals surface area contributed by atoms with Crippen LogP contribution in [-0.4, -0.2) is 57.0 Å². The van der Waals surface area contributed by atoms with Crippen molar-refractivity contribution < 1.29 is 42.8 Å². The second-order valence-electron chi connectivity index (χ2n) is 8.40. The van der Waals surface area contributed by atoms with E-state index >= 15 is 0 Å². The van der Waals surface area contributed by atoms with Crippen LogP contribution in [0.4, 0.5) is 0 Å². The predicted octanol–water partition coefficient (Wildman–Crippen LogP) is 5.51. The van der Waals surface area contributed by atoms with E-state index in [1.807, 2.05) is 20.8 Å². The van der Waals surface area contributed by atoms with E-state index in [2.05, 4.69) is 0 Å². The summed E-state index contributed by atoms with van der Waals surface area (Å²) in [5.74, 6) is -0.347. The maximum Gasteiger partial charge on any atom is 0.341 e. The number of carbonyl (C=O) groups excluding carboxylic acids is 3. The topological polar surface area (TPSA) is 107 Å². The zero-order valence-electron chi connectivity index (χ0n) is 22.9. The van der Waals surface area contributed by atoms with Crippen molar-refractivity contribution in [3.8, 4) is 17.2 Å². The van der Waals surface area contributed by atoms with Crippen molar-refractivity contribution in [1.82, 2.24) is 0 Å². The quantitative estimate of drug-likeness (QED) is 0.179. The molecule has 40 heavy (non-hydrogen) atoms. The van der Waals surface area contributed by atoms with Crippen LogP contribution in [0.15, 0.2) is 72.8 Å². The van der Waals surface area contributed by atoms with Gasteiger partial charge in [-0.15, -0.1) is 0 Å². The number of carbonyl (C=O) groups is 3. The van der Waals surface area contributed by atoms with Gasteiger partial charge in [0.2, 0.25) is 0 Å². The van der Waals surface area contributed by atoms with Gasteiger partial charge in [0.05, 0.1) is 37.6 Å². The normalized spacial score (nSPS) is 11.2. The largest absolute Gasteiger partial charge is 0.494 e. The molecular formula is C31H34O9. The van der Waals surface area contributed by atoms with Gasteiger partial charge in [-0.3, -0.25) is 0 Å². The van der Waals surface area contributed by atoms with E-state index in [1.165, 1.54) is 0 Å². The molecule has 1 unspecified atom stereocenters. The summed E-state index contributed by atoms with van der Waals surface area (Å²) in [4.78, 5) is 38.3. The molecule has 0 bridgehead atoms. The Kier molecular flexibility index (Phi) is 11.8. The minimum Gasteiger partial charge on any atom is -0.494 e. The lowest BCUT2D eigenvalue weighted by molar-refractivity contribution is -0.00976. The number of esters is 3. The number of rotatable bonds is 15. The molecule has 0 aliphatic heterocycles. The van der Waals surface area contributed by atoms with E-state index in [0.29, 0.717) is 42.6 Å². The third-order valence-corrected chi connectivity index (χ3v) is 5.52. The first kappa shape index (κ1) is 30.0. The Morgan fingerprint density at radius 1 is 0.650 bits per heavy atom. The Morgan fingerprint density at radius 2 is 1.25 bits per heavy atom. The van der Waals surface area contributed by atoms with E-state index in [-0.39, 0.29) is 30.8 Å². The fourth-order valence-electron chi connectivity index (χ4n) is 3.68. The van der Waals surface area contributed by atoms with Crippen LogP contribution in [0.25, 0.3) is 0 Å². The molecular weight excluding hydrogens is 516 g/mol. The van der Waals surface area contributed by atoms with Gasteiger partial charge in [0.1, 0.15) is 35.5 Å². The van der Waals surface area contributed by atoms with Crippen molar-refractivity contribution in [3.63, 3.8) is 0 Å². The highest BCUT2D eigenvalue weighted by Gasteiger charge is 2.21. The lowest BCUT2D eigenvalue weighted by Crippen LogP contribution is -2.27. The first-order chi connectivity index (χ1) is 19.4. The first-order valence-electron chi connectivity index (χ1n) is 13.2. The molecule has 3 aromatic carbocycles. The number of ether oxygens (including phenoxy) is 6. The summed E-state index contributed by atoms with van der Waals surface area (Å²) >= 11 is 0. The molecule has 0 N–H and O–H groups in total. The van der Waals surface area contributed by atoms with Gasteiger partial charge in [0.25, 0.3) is 0 Å². The maximum atomic E-state index is 12.9. The van der Waals surface area contributed by atoms with Crippen LogP contribution >= 0.6 is 0 Å². The van der Waals surface area contributed by atoms with E-state index in [4.69, 9.17) is 28.4 Å². The molecule has 0 radical (unpaired) electrons. The summed E-state index contributed by atoms with van der Waals surface area (Å²) in [6, 6.07) is 19.9. The fourth-order valence-corrected chi connectivity index (χ4v) is 3.68. The van der Waals surface area contributed by atoms with Crippen molar-refractivity contribution in [3.05, 3.63) is 89.5 Å². The maximum absolute atomic E-state index is 12.9. The van der Waals surface area contributed by atoms with Gasteiger partial charge in [-0.25, -0.2) is 14.4 Å². The van der Waals surface area contributed by atoms with Crippen molar-refractivity contribution in [2.24, 2.45) is 0 Å². The van der Waals surface area contributed by atoms with Gasteiger partial charge in [-0.1, -0.05) is 24.3 Å². The SMILES string of the molecule is CCOc1cccc(C(=O)OCC(CCOC(=O)c2ccccc2OCC)OC(=O)c2cccc(OCC)c2)c1. The van der Waals surface area contributed by atoms with Crippen LogP contribution in [0.2, 0.25) is 0 Å². The molecule has 212 valence electrons. The zero-order chi connectivity index (χ0) is 28.7. The first-order valence-corrected chi connectivity index (χ1v) is 13.2. The summed E-state index contributed by atoms with van der Waals surface area (Å²) in [6.45, 7) is 6.46. The van der Waals surface area contributed by atoms with Gasteiger partial charge in [-0.05, 0) is 69.3 Å². The second kappa shape index (κ2) is 15.8. The Hall–Kier alpha value is -4.53. The minimum atomic E-state index is -0.891. The summed E-state index contributed by atoms with van der Waals surface area (Å²) in [5.41, 5.74) is 0.847. The molecule has 0 spiro atoms. The van der Waals surface area contributed by atoms with Crippen molar-refractivity contribution in [2.45, 2.75) is 33.3 Å². The molecule has 0 saturated heterocycles. The number of benzene rings is 3. The van der Waals surface area contributed by atoms with Crippen LogP contribution in [0.1, 0.15) is 58.3 Å². The van der Waals surface area contributed by atoms with E-state index in [0.717, 1.165) is 0 Å². The molecule has 0 heterocycles. The molecule has 9 nitrogen and oxygen atoms in total. The van der Waals surface area contributed by atoms with Gasteiger partial charge in [-0.2, -0.15) is 0 Å². The van der Waals surface area contributed by atoms with Crippen LogP contribution in [0.3, 0.4) is 0 Å². The van der Waals surface area contributed by atoms with Gasteiger partial charge in [0, 0.05) is 6.42 Å². The lowest BCUT2D eigenvalue weighted by Gasteiger charge is -2.19. The molecule has 0 aliphatic rings. The molecule has 0 fully saturated rings. The fraction of sp³-hybridized carbons (Fsp3) is 0.323. The third kappa shape index (κ3) is 9.04. The monoisotopic (exact) mass is 550 g/mol. The standard InChI is InChI=1S/C31H34O9/c1-4-35-24-13-9-11-22(19-24)29(32)39-21-26(40-30(33)23-12-10-14-25(20-23)36-5-2)17-18-38-31(34)27-15-7-8-16-28(27)37-6-3/h7-16,19-20,26H,4-6,17-18,21H2,1-3H3. The zero-order valence-corrected chi connectivity index (χ0v) is 22.9. The molecule has 9 heteroatoms. The highest BCUT2D eigenvalue weighted by atomic mass is 16.6. The highest BCUT2D eigenvalue weighted by molar-refractivity contribution is 5.92. The van der Waals surface area contributed by atoms with E-state index in [9.17, 15) is 14.4 Å². The Morgan fingerprint density at radius 3 is 1.88 bits per heavy atom. The Labute approximate surface area is 233 Å². The second-order valence-corrected chi connectivity index (χ2v) is 8.40. The molecule has 0 aromatic heterocycles. The Bertz CT molecular complexity index is 1270. The molecule has 1 atom stereocenters. The van der Waals surface area contributed by atoms with Crippen LogP contribution in [0, 0.1) is 0 Å². The van der Waals surface area contributed by atoms with Crippen LogP contribution in [-0.2, 0) is 14.2 Å². The summed E-state index contributed by atoms with van der Waals surface area (Å²) in [5, 5.41) is 0. The van der Waals surface area contributed by atoms with Crippen molar-refractivity contribution in [2.75, 3.05) is 33.0 Å². The van der Waals surface area contributed by atoms with Gasteiger partial charge < -0.3 is 28.4 Å². The van der Waals surface area contributed by atoms with Crippen LogP contribution in [0.5, 0.6) is 17.2 Å². The number of hydrogen-bond donors (Lipinski definition) is 0. The average Bonchev–Trinajstić information content (AvgIpc) is 2.96. The van der Waals surface area contributed by atoms with Crippen LogP contribution < -0.4 is 14.2 Å². The molecule has 3 rings (SSSR count). The van der Waals surface area contributed by atoms with Gasteiger partial charge >= 0.3 is 17.9 Å². The third-order valence-electron chi connectivity index (χ3n) is 5.52. The summed E-state index contributed by atoms with van der Waals surface area (Å²) in [6.07, 6.45) is -0.802. The minimum absolute atomic E-state index is 0.0890. The number of para-hydroxylation sites is 1. The van der Waals surface area contributed by atoms with Gasteiger partial charge in [0.15, 0.2) is 0 Å². The summed E-state index contributed by atoms with van der Waals surface area (Å²) in [7, 11) is 0. The predicted molar refractivity (Wildman–Crippen MR) is 147 cm³/mol. The molecule has 3 aromatic rings. The average molecular weight is 551 g/mol.